The molecule has 1 aliphatic heterocycles. The van der Waals surface area contributed by atoms with E-state index in [1.807, 2.05) is 6.07 Å². The smallest absolute Gasteiger partial charge is 0.231 e. The second-order valence-corrected chi connectivity index (χ2v) is 5.34. The predicted molar refractivity (Wildman–Crippen MR) is 68.7 cm³/mol. The van der Waals surface area contributed by atoms with Crippen molar-refractivity contribution >= 4 is 0 Å². The first-order chi connectivity index (χ1) is 9.25. The highest BCUT2D eigenvalue weighted by Gasteiger charge is 2.40. The zero-order valence-corrected chi connectivity index (χ0v) is 10.8. The molecule has 1 saturated carbocycles. The van der Waals surface area contributed by atoms with E-state index in [9.17, 15) is 10.4 Å². The summed E-state index contributed by atoms with van der Waals surface area (Å²) in [6.07, 6.45) is 3.94. The van der Waals surface area contributed by atoms with E-state index >= 15 is 0 Å². The van der Waals surface area contributed by atoms with Gasteiger partial charge in [-0.3, -0.25) is 0 Å². The Morgan fingerprint density at radius 2 is 1.89 bits per heavy atom. The molecule has 0 aromatic heterocycles. The van der Waals surface area contributed by atoms with Gasteiger partial charge >= 0.3 is 0 Å². The van der Waals surface area contributed by atoms with Gasteiger partial charge in [0.1, 0.15) is 0 Å². The molecule has 0 bridgehead atoms. The van der Waals surface area contributed by atoms with Gasteiger partial charge in [0.05, 0.1) is 17.6 Å². The fraction of sp³-hybridized carbons (Fsp3) is 0.533. The van der Waals surface area contributed by atoms with Crippen LogP contribution in [0.25, 0.3) is 0 Å². The van der Waals surface area contributed by atoms with Crippen LogP contribution in [0.1, 0.15) is 43.8 Å². The van der Waals surface area contributed by atoms with Gasteiger partial charge < -0.3 is 14.6 Å². The van der Waals surface area contributed by atoms with Crippen LogP contribution in [-0.4, -0.2) is 11.9 Å². The Morgan fingerprint density at radius 3 is 2.63 bits per heavy atom. The van der Waals surface area contributed by atoms with Gasteiger partial charge in [-0.2, -0.15) is 5.26 Å². The molecule has 3 rings (SSSR count). The summed E-state index contributed by atoms with van der Waals surface area (Å²) in [5.41, 5.74) is 0.0964. The number of nitrogens with zero attached hydrogens (tertiary/aromatic N) is 1. The largest absolute Gasteiger partial charge is 0.454 e. The summed E-state index contributed by atoms with van der Waals surface area (Å²) in [7, 11) is 0. The first-order valence-corrected chi connectivity index (χ1v) is 6.74. The molecule has 1 N–H and O–H groups in total. The van der Waals surface area contributed by atoms with Crippen LogP contribution >= 0.6 is 0 Å². The highest BCUT2D eigenvalue weighted by molar-refractivity contribution is 5.45. The maximum absolute atomic E-state index is 10.6. The second kappa shape index (κ2) is 4.75. The van der Waals surface area contributed by atoms with E-state index in [0.29, 0.717) is 11.5 Å². The van der Waals surface area contributed by atoms with E-state index < -0.39 is 11.5 Å². The molecule has 4 heteroatoms. The Bertz CT molecular complexity index is 515. The lowest BCUT2D eigenvalue weighted by Gasteiger charge is -2.35. The van der Waals surface area contributed by atoms with Crippen LogP contribution in [0.15, 0.2) is 18.2 Å². The molecule has 1 heterocycles. The zero-order chi connectivity index (χ0) is 13.3. The third kappa shape index (κ3) is 2.04. The van der Waals surface area contributed by atoms with Crippen LogP contribution in [0.3, 0.4) is 0 Å². The second-order valence-electron chi connectivity index (χ2n) is 5.34. The first kappa shape index (κ1) is 12.3. The molecular formula is C15H17NO3. The molecule has 0 amide bonds. The Morgan fingerprint density at radius 1 is 1.16 bits per heavy atom. The Balaban J connectivity index is 1.90. The molecular weight excluding hydrogens is 242 g/mol. The van der Waals surface area contributed by atoms with Crippen LogP contribution in [0.2, 0.25) is 0 Å². The van der Waals surface area contributed by atoms with Crippen molar-refractivity contribution < 1.29 is 14.6 Å². The van der Waals surface area contributed by atoms with E-state index in [1.165, 1.54) is 0 Å². The van der Waals surface area contributed by atoms with Gasteiger partial charge in [0.25, 0.3) is 0 Å². The quantitative estimate of drug-likeness (QED) is 0.887. The average molecular weight is 259 g/mol. The number of hydrogen-bond acceptors (Lipinski definition) is 4. The molecule has 1 aromatic carbocycles. The van der Waals surface area contributed by atoms with Gasteiger partial charge in [-0.05, 0) is 30.5 Å². The predicted octanol–water partition coefficient (Wildman–Crippen LogP) is 2.92. The van der Waals surface area contributed by atoms with Crippen molar-refractivity contribution in [2.24, 2.45) is 5.41 Å². The van der Waals surface area contributed by atoms with Gasteiger partial charge in [0.2, 0.25) is 6.79 Å². The normalized spacial score (nSPS) is 21.7. The summed E-state index contributed by atoms with van der Waals surface area (Å²) in [6.45, 7) is 0.221. The monoisotopic (exact) mass is 259 g/mol. The minimum Gasteiger partial charge on any atom is -0.454 e. The number of hydrogen-bond donors (Lipinski definition) is 1. The number of aliphatic hydroxyl groups excluding tert-OH is 1. The Labute approximate surface area is 112 Å². The van der Waals surface area contributed by atoms with Crippen LogP contribution in [0.5, 0.6) is 11.5 Å². The summed E-state index contributed by atoms with van der Waals surface area (Å²) in [5.74, 6) is 1.35. The SMILES string of the molecule is N#CC1(C(O)c2ccc3c(c2)OCO3)CCCCC1. The van der Waals surface area contributed by atoms with Crippen molar-refractivity contribution in [1.29, 1.82) is 5.26 Å². The molecule has 1 aliphatic carbocycles. The van der Waals surface area contributed by atoms with Crippen molar-refractivity contribution in [3.05, 3.63) is 23.8 Å². The third-order valence-electron chi connectivity index (χ3n) is 4.20. The van der Waals surface area contributed by atoms with Crippen molar-refractivity contribution in [3.8, 4) is 17.6 Å². The lowest BCUT2D eigenvalue weighted by Crippen LogP contribution is -2.30. The van der Waals surface area contributed by atoms with Gasteiger partial charge in [-0.15, -0.1) is 0 Å². The van der Waals surface area contributed by atoms with Crippen LogP contribution in [0, 0.1) is 16.7 Å². The minimum absolute atomic E-state index is 0.221. The molecule has 2 aliphatic rings. The molecule has 1 atom stereocenters. The topological polar surface area (TPSA) is 62.5 Å². The fourth-order valence-corrected chi connectivity index (χ4v) is 3.03. The van der Waals surface area contributed by atoms with Crippen LogP contribution in [-0.2, 0) is 0 Å². The molecule has 19 heavy (non-hydrogen) atoms. The van der Waals surface area contributed by atoms with Crippen LogP contribution in [0.4, 0.5) is 0 Å². The van der Waals surface area contributed by atoms with E-state index in [2.05, 4.69) is 6.07 Å². The van der Waals surface area contributed by atoms with E-state index in [0.717, 1.165) is 37.7 Å². The summed E-state index contributed by atoms with van der Waals surface area (Å²) in [5, 5.41) is 20.1. The van der Waals surface area contributed by atoms with Crippen molar-refractivity contribution in [2.75, 3.05) is 6.79 Å². The van der Waals surface area contributed by atoms with Crippen molar-refractivity contribution in [2.45, 2.75) is 38.2 Å². The van der Waals surface area contributed by atoms with E-state index in [4.69, 9.17) is 9.47 Å². The van der Waals surface area contributed by atoms with Gasteiger partial charge in [0, 0.05) is 0 Å². The highest BCUT2D eigenvalue weighted by atomic mass is 16.7. The summed E-state index contributed by atoms with van der Waals surface area (Å²) >= 11 is 0. The van der Waals surface area contributed by atoms with Gasteiger partial charge in [-0.1, -0.05) is 25.3 Å². The molecule has 100 valence electrons. The van der Waals surface area contributed by atoms with E-state index in [-0.39, 0.29) is 6.79 Å². The lowest BCUT2D eigenvalue weighted by atomic mass is 9.69. The number of aliphatic hydroxyl groups is 1. The molecule has 0 radical (unpaired) electrons. The Kier molecular flexibility index (Phi) is 3.08. The van der Waals surface area contributed by atoms with Gasteiger partial charge in [0.15, 0.2) is 11.5 Å². The van der Waals surface area contributed by atoms with Crippen LogP contribution < -0.4 is 9.47 Å². The number of ether oxygens (including phenoxy) is 2. The zero-order valence-electron chi connectivity index (χ0n) is 10.8. The van der Waals surface area contributed by atoms with E-state index in [1.54, 1.807) is 12.1 Å². The number of fused-ring (bicyclic) bond motifs is 1. The summed E-state index contributed by atoms with van der Waals surface area (Å²) < 4.78 is 10.6. The molecule has 1 unspecified atom stereocenters. The maximum Gasteiger partial charge on any atom is 0.231 e. The fourth-order valence-electron chi connectivity index (χ4n) is 3.03. The minimum atomic E-state index is -0.757. The molecule has 0 spiro atoms. The summed E-state index contributed by atoms with van der Waals surface area (Å²) in [6, 6.07) is 7.78. The molecule has 1 aromatic rings. The van der Waals surface area contributed by atoms with Crippen molar-refractivity contribution in [3.63, 3.8) is 0 Å². The average Bonchev–Trinajstić information content (AvgIpc) is 2.94. The number of nitriles is 1. The van der Waals surface area contributed by atoms with Crippen molar-refractivity contribution in [1.82, 2.24) is 0 Å². The molecule has 4 nitrogen and oxygen atoms in total. The highest BCUT2D eigenvalue weighted by Crippen LogP contribution is 2.47. The maximum atomic E-state index is 10.6. The number of benzene rings is 1. The number of rotatable bonds is 2. The molecule has 1 fully saturated rings. The standard InChI is InChI=1S/C15H17NO3/c16-9-15(6-2-1-3-7-15)14(17)11-4-5-12-13(8-11)19-10-18-12/h4-5,8,14,17H,1-3,6-7,10H2. The third-order valence-corrected chi connectivity index (χ3v) is 4.20. The van der Waals surface area contributed by atoms with Gasteiger partial charge in [-0.25, -0.2) is 0 Å². The lowest BCUT2D eigenvalue weighted by molar-refractivity contribution is 0.0358. The Hall–Kier alpha value is -1.73. The summed E-state index contributed by atoms with van der Waals surface area (Å²) in [4.78, 5) is 0. The molecule has 0 saturated heterocycles. The first-order valence-electron chi connectivity index (χ1n) is 6.74.